The van der Waals surface area contributed by atoms with Gasteiger partial charge in [0.1, 0.15) is 0 Å². The van der Waals surface area contributed by atoms with Crippen LogP contribution in [0.3, 0.4) is 0 Å². The van der Waals surface area contributed by atoms with Gasteiger partial charge in [0.15, 0.2) is 0 Å². The van der Waals surface area contributed by atoms with Crippen molar-refractivity contribution in [1.82, 2.24) is 9.62 Å². The topological polar surface area (TPSA) is 95.6 Å². The molecule has 1 atom stereocenters. The van der Waals surface area contributed by atoms with Crippen LogP contribution in [0.4, 0.5) is 5.69 Å². The summed E-state index contributed by atoms with van der Waals surface area (Å²) in [5.41, 5.74) is 0.404. The van der Waals surface area contributed by atoms with Crippen molar-refractivity contribution in [2.24, 2.45) is 0 Å². The Morgan fingerprint density at radius 3 is 2.54 bits per heavy atom. The van der Waals surface area contributed by atoms with Gasteiger partial charge >= 0.3 is 11.8 Å². The van der Waals surface area contributed by atoms with Gasteiger partial charge < -0.3 is 10.6 Å². The molecule has 1 saturated heterocycles. The van der Waals surface area contributed by atoms with Crippen molar-refractivity contribution in [3.8, 4) is 0 Å². The molecule has 0 unspecified atom stereocenters. The number of sulfonamides is 1. The summed E-state index contributed by atoms with van der Waals surface area (Å²) in [5.74, 6) is -1.67. The SMILES string of the molecule is O=C(NC[C@H]1CCCN1S(=O)(=O)c1ccccc1)C(=O)Nc1cccc(Cl)c1. The third kappa shape index (κ3) is 4.70. The minimum absolute atomic E-state index is 0.0634. The van der Waals surface area contributed by atoms with E-state index in [1.807, 2.05) is 0 Å². The smallest absolute Gasteiger partial charge is 0.313 e. The standard InChI is InChI=1S/C19H20ClN3O4S/c20-14-6-4-7-15(12-14)22-19(25)18(24)21-13-16-8-5-11-23(16)28(26,27)17-9-2-1-3-10-17/h1-4,6-7,9-10,12,16H,5,8,11,13H2,(H,21,24)(H,22,25)/t16-/m1/s1. The van der Waals surface area contributed by atoms with E-state index in [4.69, 9.17) is 11.6 Å². The molecule has 2 N–H and O–H groups in total. The predicted octanol–water partition coefficient (Wildman–Crippen LogP) is 2.25. The maximum atomic E-state index is 12.8. The highest BCUT2D eigenvalue weighted by molar-refractivity contribution is 7.89. The molecule has 2 aromatic carbocycles. The molecule has 7 nitrogen and oxygen atoms in total. The first-order valence-corrected chi connectivity index (χ1v) is 10.6. The van der Waals surface area contributed by atoms with Gasteiger partial charge in [-0.3, -0.25) is 9.59 Å². The molecule has 2 amide bonds. The lowest BCUT2D eigenvalue weighted by molar-refractivity contribution is -0.136. The third-order valence-corrected chi connectivity index (χ3v) is 6.66. The zero-order chi connectivity index (χ0) is 20.1. The first-order chi connectivity index (χ1) is 13.4. The molecule has 0 aromatic heterocycles. The van der Waals surface area contributed by atoms with Crippen LogP contribution in [0.15, 0.2) is 59.5 Å². The van der Waals surface area contributed by atoms with Crippen LogP contribution in [0.2, 0.25) is 5.02 Å². The van der Waals surface area contributed by atoms with Gasteiger partial charge in [-0.1, -0.05) is 35.9 Å². The van der Waals surface area contributed by atoms with E-state index in [1.165, 1.54) is 10.4 Å². The highest BCUT2D eigenvalue weighted by atomic mass is 35.5. The fourth-order valence-corrected chi connectivity index (χ4v) is 5.01. The number of amides is 2. The summed E-state index contributed by atoms with van der Waals surface area (Å²) in [6.07, 6.45) is 1.31. The second-order valence-electron chi connectivity index (χ2n) is 6.40. The molecule has 0 saturated carbocycles. The summed E-state index contributed by atoms with van der Waals surface area (Å²) in [5, 5.41) is 5.42. The number of nitrogens with one attached hydrogen (secondary N) is 2. The summed E-state index contributed by atoms with van der Waals surface area (Å²) < 4.78 is 27.0. The lowest BCUT2D eigenvalue weighted by Crippen LogP contribution is -2.45. The Balaban J connectivity index is 1.60. The van der Waals surface area contributed by atoms with Crippen LogP contribution < -0.4 is 10.6 Å². The number of hydrogen-bond donors (Lipinski definition) is 2. The van der Waals surface area contributed by atoms with E-state index in [-0.39, 0.29) is 11.4 Å². The first-order valence-electron chi connectivity index (χ1n) is 8.79. The summed E-state index contributed by atoms with van der Waals surface area (Å²) in [6.45, 7) is 0.445. The second-order valence-corrected chi connectivity index (χ2v) is 8.73. The van der Waals surface area contributed by atoms with E-state index in [1.54, 1.807) is 48.5 Å². The number of anilines is 1. The molecule has 0 spiro atoms. The Morgan fingerprint density at radius 1 is 1.07 bits per heavy atom. The van der Waals surface area contributed by atoms with Crippen molar-refractivity contribution in [2.45, 2.75) is 23.8 Å². The highest BCUT2D eigenvalue weighted by Crippen LogP contribution is 2.25. The van der Waals surface area contributed by atoms with Crippen molar-refractivity contribution in [3.63, 3.8) is 0 Å². The third-order valence-electron chi connectivity index (χ3n) is 4.46. The number of carbonyl (C=O) groups is 2. The number of halogens is 1. The molecule has 1 fully saturated rings. The summed E-state index contributed by atoms with van der Waals surface area (Å²) in [7, 11) is -3.64. The zero-order valence-electron chi connectivity index (χ0n) is 15.0. The van der Waals surface area contributed by atoms with Crippen molar-refractivity contribution >= 4 is 39.1 Å². The van der Waals surface area contributed by atoms with Crippen LogP contribution >= 0.6 is 11.6 Å². The molecule has 0 radical (unpaired) electrons. The van der Waals surface area contributed by atoms with Gasteiger partial charge in [0.25, 0.3) is 0 Å². The van der Waals surface area contributed by atoms with E-state index in [2.05, 4.69) is 10.6 Å². The monoisotopic (exact) mass is 421 g/mol. The number of carbonyl (C=O) groups excluding carboxylic acids is 2. The molecule has 3 rings (SSSR count). The Kier molecular flexibility index (Phi) is 6.33. The number of nitrogens with zero attached hydrogens (tertiary/aromatic N) is 1. The second kappa shape index (κ2) is 8.72. The fraction of sp³-hybridized carbons (Fsp3) is 0.263. The number of hydrogen-bond acceptors (Lipinski definition) is 4. The number of rotatable bonds is 5. The average Bonchev–Trinajstić information content (AvgIpc) is 3.16. The molecule has 28 heavy (non-hydrogen) atoms. The fourth-order valence-electron chi connectivity index (χ4n) is 3.10. The van der Waals surface area contributed by atoms with Gasteiger partial charge in [-0.15, -0.1) is 0 Å². The van der Waals surface area contributed by atoms with Crippen LogP contribution in [0.5, 0.6) is 0 Å². The molecular weight excluding hydrogens is 402 g/mol. The van der Waals surface area contributed by atoms with Crippen LogP contribution in [0.25, 0.3) is 0 Å². The van der Waals surface area contributed by atoms with Crippen molar-refractivity contribution in [3.05, 3.63) is 59.6 Å². The molecule has 0 bridgehead atoms. The van der Waals surface area contributed by atoms with Crippen molar-refractivity contribution in [2.75, 3.05) is 18.4 Å². The maximum Gasteiger partial charge on any atom is 0.313 e. The van der Waals surface area contributed by atoms with Crippen LogP contribution in [0, 0.1) is 0 Å². The Labute approximate surface area is 168 Å². The van der Waals surface area contributed by atoms with E-state index in [0.29, 0.717) is 30.1 Å². The Morgan fingerprint density at radius 2 is 1.82 bits per heavy atom. The highest BCUT2D eigenvalue weighted by Gasteiger charge is 2.35. The molecule has 9 heteroatoms. The van der Waals surface area contributed by atoms with Crippen LogP contribution in [-0.4, -0.2) is 43.7 Å². The van der Waals surface area contributed by atoms with Gasteiger partial charge in [-0.05, 0) is 43.2 Å². The minimum Gasteiger partial charge on any atom is -0.346 e. The molecule has 1 aliphatic rings. The lowest BCUT2D eigenvalue weighted by Gasteiger charge is -2.24. The van der Waals surface area contributed by atoms with Gasteiger partial charge in [-0.2, -0.15) is 4.31 Å². The van der Waals surface area contributed by atoms with E-state index < -0.39 is 27.9 Å². The molecule has 1 heterocycles. The predicted molar refractivity (Wildman–Crippen MR) is 106 cm³/mol. The summed E-state index contributed by atoms with van der Waals surface area (Å²) in [4.78, 5) is 24.3. The van der Waals surface area contributed by atoms with E-state index >= 15 is 0 Å². The van der Waals surface area contributed by atoms with Crippen molar-refractivity contribution in [1.29, 1.82) is 0 Å². The van der Waals surface area contributed by atoms with Gasteiger partial charge in [0.05, 0.1) is 4.90 Å². The quantitative estimate of drug-likeness (QED) is 0.724. The number of benzene rings is 2. The lowest BCUT2D eigenvalue weighted by atomic mass is 10.2. The van der Waals surface area contributed by atoms with Crippen molar-refractivity contribution < 1.29 is 18.0 Å². The first kappa shape index (κ1) is 20.3. The average molecular weight is 422 g/mol. The molecule has 1 aliphatic heterocycles. The Bertz CT molecular complexity index is 966. The summed E-state index contributed by atoms with van der Waals surface area (Å²) >= 11 is 5.85. The van der Waals surface area contributed by atoms with Gasteiger partial charge in [-0.25, -0.2) is 8.42 Å². The molecular formula is C19H20ClN3O4S. The van der Waals surface area contributed by atoms with Gasteiger partial charge in [0, 0.05) is 29.8 Å². The maximum absolute atomic E-state index is 12.8. The van der Waals surface area contributed by atoms with E-state index in [0.717, 1.165) is 0 Å². The zero-order valence-corrected chi connectivity index (χ0v) is 16.5. The molecule has 2 aromatic rings. The summed E-state index contributed by atoms with van der Waals surface area (Å²) in [6, 6.07) is 14.2. The minimum atomic E-state index is -3.64. The van der Waals surface area contributed by atoms with Crippen LogP contribution in [-0.2, 0) is 19.6 Å². The largest absolute Gasteiger partial charge is 0.346 e. The molecule has 148 valence electrons. The Hall–Kier alpha value is -2.42. The normalized spacial score (nSPS) is 17.2. The van der Waals surface area contributed by atoms with Gasteiger partial charge in [0.2, 0.25) is 10.0 Å². The van der Waals surface area contributed by atoms with E-state index in [9.17, 15) is 18.0 Å². The van der Waals surface area contributed by atoms with Crippen LogP contribution in [0.1, 0.15) is 12.8 Å². The molecule has 0 aliphatic carbocycles.